The molecule has 0 bridgehead atoms. The number of hydrogen-bond acceptors (Lipinski definition) is 5. The Kier molecular flexibility index (Phi) is 4.69. The van der Waals surface area contributed by atoms with E-state index in [0.29, 0.717) is 5.01 Å². The van der Waals surface area contributed by atoms with Crippen LogP contribution < -0.4 is 4.13 Å². The molecule has 0 saturated carbocycles. The Bertz CT molecular complexity index is 578. The molecule has 0 spiro atoms. The molecule has 20 heavy (non-hydrogen) atoms. The zero-order valence-corrected chi connectivity index (χ0v) is 15.5. The zero-order chi connectivity index (χ0) is 16.0. The molecule has 1 aromatic heterocycles. The predicted molar refractivity (Wildman–Crippen MR) is 86.9 cm³/mol. The fraction of sp³-hybridized carbons (Fsp3) is 0.750. The van der Waals surface area contributed by atoms with Crippen LogP contribution in [-0.2, 0) is 15.6 Å². The number of aromatic nitrogens is 1. The Morgan fingerprint density at radius 2 is 1.70 bits per heavy atom. The van der Waals surface area contributed by atoms with Gasteiger partial charge in [0.05, 0.1) is 6.20 Å². The first kappa shape index (κ1) is 17.9. The highest BCUT2D eigenvalue weighted by molar-refractivity contribution is 8.36. The lowest BCUT2D eigenvalue weighted by Gasteiger charge is -2.44. The van der Waals surface area contributed by atoms with Crippen LogP contribution in [0.15, 0.2) is 10.4 Å². The minimum absolute atomic E-state index is 0.138. The number of aliphatic hydroxyl groups is 1. The second kappa shape index (κ2) is 5.24. The summed E-state index contributed by atoms with van der Waals surface area (Å²) in [7, 11) is -5.16. The van der Waals surface area contributed by atoms with Crippen LogP contribution in [0.1, 0.15) is 39.6 Å². The van der Waals surface area contributed by atoms with Crippen molar-refractivity contribution in [2.24, 2.45) is 0 Å². The Hall–Kier alpha value is -0.150. The number of rotatable bonds is 4. The van der Waals surface area contributed by atoms with Crippen LogP contribution in [0, 0.1) is 0 Å². The van der Waals surface area contributed by atoms with Gasteiger partial charge < -0.3 is 5.11 Å². The summed E-state index contributed by atoms with van der Waals surface area (Å²) in [5, 5.41) is 10.3. The molecular formula is C12H24N2O3S3. The number of thiazole rings is 1. The van der Waals surface area contributed by atoms with Gasteiger partial charge in [-0.2, -0.15) is 14.3 Å². The summed E-state index contributed by atoms with van der Waals surface area (Å²) >= 11 is 1.000. The van der Waals surface area contributed by atoms with E-state index in [4.69, 9.17) is 0 Å². The average molecular weight is 341 g/mol. The van der Waals surface area contributed by atoms with Gasteiger partial charge in [0, 0.05) is 4.75 Å². The highest BCUT2D eigenvalue weighted by Crippen LogP contribution is 2.50. The van der Waals surface area contributed by atoms with E-state index in [0.717, 1.165) is 11.3 Å². The first-order chi connectivity index (χ1) is 8.67. The molecule has 0 saturated heterocycles. The van der Waals surface area contributed by atoms with Crippen molar-refractivity contribution in [1.29, 1.82) is 0 Å². The van der Waals surface area contributed by atoms with Gasteiger partial charge in [0.2, 0.25) is 0 Å². The molecule has 1 heterocycles. The molecule has 0 aliphatic heterocycles. The van der Waals surface area contributed by atoms with Gasteiger partial charge in [-0.1, -0.05) is 20.8 Å². The van der Waals surface area contributed by atoms with Gasteiger partial charge in [-0.05, 0) is 26.4 Å². The molecule has 1 aromatic rings. The third kappa shape index (κ3) is 3.94. The lowest BCUT2D eigenvalue weighted by Crippen LogP contribution is -2.37. The lowest BCUT2D eigenvalue weighted by atomic mass is 10.2. The largest absolute Gasteiger partial charge is 0.383 e. The van der Waals surface area contributed by atoms with Crippen LogP contribution in [0.3, 0.4) is 0 Å². The smallest absolute Gasteiger partial charge is 0.259 e. The zero-order valence-electron chi connectivity index (χ0n) is 13.0. The molecule has 8 heteroatoms. The summed E-state index contributed by atoms with van der Waals surface area (Å²) in [5.41, 5.74) is -1.13. The van der Waals surface area contributed by atoms with Crippen molar-refractivity contribution in [2.75, 3.05) is 12.5 Å². The SMILES string of the molecule is CC(C)(O)c1ncc(S(=O)(=O)NS(C)(C)C(C)(C)C)s1. The van der Waals surface area contributed by atoms with Gasteiger partial charge in [-0.3, -0.25) is 0 Å². The second-order valence-corrected chi connectivity index (χ2v) is 13.9. The predicted octanol–water partition coefficient (Wildman–Crippen LogP) is 2.43. The molecule has 0 unspecified atom stereocenters. The average Bonchev–Trinajstić information content (AvgIpc) is 2.61. The Morgan fingerprint density at radius 1 is 1.20 bits per heavy atom. The van der Waals surface area contributed by atoms with Crippen molar-refractivity contribution < 1.29 is 13.5 Å². The molecule has 5 nitrogen and oxygen atoms in total. The summed E-state index contributed by atoms with van der Waals surface area (Å²) in [6.45, 7) is 9.21. The van der Waals surface area contributed by atoms with E-state index in [-0.39, 0.29) is 8.96 Å². The van der Waals surface area contributed by atoms with Crippen molar-refractivity contribution in [3.63, 3.8) is 0 Å². The summed E-state index contributed by atoms with van der Waals surface area (Å²) in [4.78, 5) is 4.00. The van der Waals surface area contributed by atoms with E-state index < -0.39 is 25.8 Å². The van der Waals surface area contributed by atoms with Crippen molar-refractivity contribution in [1.82, 2.24) is 9.11 Å². The first-order valence-electron chi connectivity index (χ1n) is 6.12. The van der Waals surface area contributed by atoms with E-state index in [1.54, 1.807) is 13.8 Å². The maximum atomic E-state index is 12.4. The van der Waals surface area contributed by atoms with Gasteiger partial charge >= 0.3 is 0 Å². The molecule has 2 N–H and O–H groups in total. The molecular weight excluding hydrogens is 316 g/mol. The normalized spacial score (nSPS) is 15.4. The molecule has 0 aliphatic carbocycles. The van der Waals surface area contributed by atoms with Gasteiger partial charge in [0.15, 0.2) is 4.21 Å². The fourth-order valence-electron chi connectivity index (χ4n) is 1.11. The lowest BCUT2D eigenvalue weighted by molar-refractivity contribution is 0.0783. The monoisotopic (exact) mass is 340 g/mol. The topological polar surface area (TPSA) is 79.3 Å². The maximum Gasteiger partial charge on any atom is 0.259 e. The fourth-order valence-corrected chi connectivity index (χ4v) is 6.45. The Labute approximate surface area is 127 Å². The highest BCUT2D eigenvalue weighted by Gasteiger charge is 2.34. The van der Waals surface area contributed by atoms with Crippen LogP contribution in [0.25, 0.3) is 0 Å². The van der Waals surface area contributed by atoms with Crippen LogP contribution in [0.5, 0.6) is 0 Å². The van der Waals surface area contributed by atoms with Crippen LogP contribution in [-0.4, -0.2) is 35.8 Å². The van der Waals surface area contributed by atoms with Gasteiger partial charge in [-0.25, -0.2) is 13.4 Å². The standard InChI is InChI=1S/C12H24N2O3S3/c1-11(2,3)19(6,7)14-20(16,17)9-8-13-10(18-9)12(4,5)15/h8,14-15H,1-7H3. The van der Waals surface area contributed by atoms with Crippen LogP contribution >= 0.6 is 21.6 Å². The minimum Gasteiger partial charge on any atom is -0.383 e. The number of sulfonamides is 1. The molecule has 0 atom stereocenters. The summed E-state index contributed by atoms with van der Waals surface area (Å²) in [5.74, 6) is 0. The third-order valence-electron chi connectivity index (χ3n) is 3.12. The van der Waals surface area contributed by atoms with E-state index >= 15 is 0 Å². The van der Waals surface area contributed by atoms with Crippen LogP contribution in [0.4, 0.5) is 0 Å². The van der Waals surface area contributed by atoms with Gasteiger partial charge in [-0.15, -0.1) is 11.3 Å². The number of nitrogens with zero attached hydrogens (tertiary/aromatic N) is 1. The summed E-state index contributed by atoms with van der Waals surface area (Å²) in [6, 6.07) is 0. The van der Waals surface area contributed by atoms with Crippen molar-refractivity contribution in [2.45, 2.75) is 49.2 Å². The molecule has 0 aromatic carbocycles. The quantitative estimate of drug-likeness (QED) is 0.882. The maximum absolute atomic E-state index is 12.4. The van der Waals surface area contributed by atoms with Crippen molar-refractivity contribution in [3.8, 4) is 0 Å². The van der Waals surface area contributed by atoms with E-state index in [1.807, 2.05) is 33.3 Å². The highest BCUT2D eigenvalue weighted by atomic mass is 32.3. The van der Waals surface area contributed by atoms with E-state index in [9.17, 15) is 13.5 Å². The number of hydrogen-bond donors (Lipinski definition) is 2. The van der Waals surface area contributed by atoms with Crippen LogP contribution in [0.2, 0.25) is 0 Å². The van der Waals surface area contributed by atoms with Gasteiger partial charge in [0.25, 0.3) is 10.0 Å². The number of nitrogens with one attached hydrogen (secondary N) is 1. The molecule has 0 radical (unpaired) electrons. The second-order valence-electron chi connectivity index (χ2n) is 6.57. The summed E-state index contributed by atoms with van der Waals surface area (Å²) in [6.07, 6.45) is 5.17. The molecule has 0 fully saturated rings. The molecule has 118 valence electrons. The first-order valence-corrected chi connectivity index (χ1v) is 10.9. The van der Waals surface area contributed by atoms with Gasteiger partial charge in [0.1, 0.15) is 10.6 Å². The summed E-state index contributed by atoms with van der Waals surface area (Å²) < 4.78 is 27.7. The van der Waals surface area contributed by atoms with E-state index in [2.05, 4.69) is 9.11 Å². The molecule has 1 rings (SSSR count). The van der Waals surface area contributed by atoms with E-state index in [1.165, 1.54) is 6.20 Å². The molecule has 0 amide bonds. The molecule has 0 aliphatic rings. The van der Waals surface area contributed by atoms with Crippen molar-refractivity contribution >= 4 is 31.6 Å². The minimum atomic E-state index is -3.61. The third-order valence-corrected chi connectivity index (χ3v) is 11.4. The van der Waals surface area contributed by atoms with Crippen molar-refractivity contribution in [3.05, 3.63) is 11.2 Å². The Balaban J connectivity index is 3.10. The Morgan fingerprint density at radius 3 is 2.05 bits per heavy atom.